The quantitative estimate of drug-likeness (QED) is 0.878. The fraction of sp³-hybridized carbons (Fsp3) is 0.364. The molecule has 0 aliphatic heterocycles. The molecule has 0 saturated carbocycles. The SMILES string of the molecule is CC(C)(C)c1nc(N)nc(-c2ccc(Br)s2)n1. The molecule has 0 saturated heterocycles. The van der Waals surface area contributed by atoms with Crippen molar-refractivity contribution in [2.24, 2.45) is 0 Å². The van der Waals surface area contributed by atoms with E-state index in [9.17, 15) is 0 Å². The summed E-state index contributed by atoms with van der Waals surface area (Å²) in [6.45, 7) is 6.15. The summed E-state index contributed by atoms with van der Waals surface area (Å²) in [5, 5.41) is 0. The van der Waals surface area contributed by atoms with Gasteiger partial charge in [0.25, 0.3) is 0 Å². The van der Waals surface area contributed by atoms with Crippen LogP contribution in [0.2, 0.25) is 0 Å². The van der Waals surface area contributed by atoms with Crippen LogP contribution < -0.4 is 5.73 Å². The molecule has 6 heteroatoms. The lowest BCUT2D eigenvalue weighted by Crippen LogP contribution is -2.18. The van der Waals surface area contributed by atoms with Crippen LogP contribution >= 0.6 is 27.3 Å². The van der Waals surface area contributed by atoms with Crippen LogP contribution in [0.3, 0.4) is 0 Å². The van der Waals surface area contributed by atoms with E-state index < -0.39 is 0 Å². The Hall–Kier alpha value is -1.01. The summed E-state index contributed by atoms with van der Waals surface area (Å²) in [6.07, 6.45) is 0. The number of halogens is 1. The van der Waals surface area contributed by atoms with Crippen molar-refractivity contribution in [3.8, 4) is 10.7 Å². The molecule has 0 aliphatic rings. The fourth-order valence-electron chi connectivity index (χ4n) is 1.27. The third kappa shape index (κ3) is 2.81. The summed E-state index contributed by atoms with van der Waals surface area (Å²) in [4.78, 5) is 13.8. The molecular formula is C11H13BrN4S. The molecule has 2 heterocycles. The van der Waals surface area contributed by atoms with Crippen LogP contribution in [0.1, 0.15) is 26.6 Å². The molecule has 0 aromatic carbocycles. The van der Waals surface area contributed by atoms with Gasteiger partial charge in [0.2, 0.25) is 5.95 Å². The van der Waals surface area contributed by atoms with Gasteiger partial charge in [-0.2, -0.15) is 9.97 Å². The summed E-state index contributed by atoms with van der Waals surface area (Å²) in [5.74, 6) is 1.62. The van der Waals surface area contributed by atoms with Crippen LogP contribution in [0.15, 0.2) is 15.9 Å². The van der Waals surface area contributed by atoms with Crippen molar-refractivity contribution in [2.75, 3.05) is 5.73 Å². The van der Waals surface area contributed by atoms with Crippen LogP contribution in [-0.2, 0) is 5.41 Å². The molecule has 0 radical (unpaired) electrons. The second-order valence-electron chi connectivity index (χ2n) is 4.69. The maximum atomic E-state index is 5.73. The molecule has 4 nitrogen and oxygen atoms in total. The number of thiophene rings is 1. The van der Waals surface area contributed by atoms with E-state index in [1.54, 1.807) is 11.3 Å². The number of nitrogens with two attached hydrogens (primary N) is 1. The lowest BCUT2D eigenvalue weighted by molar-refractivity contribution is 0.544. The fourth-order valence-corrected chi connectivity index (χ4v) is 2.59. The molecule has 0 aliphatic carbocycles. The summed E-state index contributed by atoms with van der Waals surface area (Å²) in [5.41, 5.74) is 5.59. The van der Waals surface area contributed by atoms with Gasteiger partial charge in [0.1, 0.15) is 5.82 Å². The first-order valence-electron chi connectivity index (χ1n) is 5.14. The predicted molar refractivity (Wildman–Crippen MR) is 74.0 cm³/mol. The van der Waals surface area contributed by atoms with E-state index in [2.05, 4.69) is 51.7 Å². The third-order valence-corrected chi connectivity index (χ3v) is 3.74. The summed E-state index contributed by atoms with van der Waals surface area (Å²) in [7, 11) is 0. The standard InChI is InChI=1S/C11H13BrN4S/c1-11(2,3)9-14-8(15-10(13)16-9)6-4-5-7(12)17-6/h4-5H,1-3H3,(H2,13,14,15,16). The second kappa shape index (κ2) is 4.34. The van der Waals surface area contributed by atoms with Crippen LogP contribution in [0, 0.1) is 0 Å². The van der Waals surface area contributed by atoms with Crippen molar-refractivity contribution in [3.05, 3.63) is 21.7 Å². The van der Waals surface area contributed by atoms with E-state index >= 15 is 0 Å². The summed E-state index contributed by atoms with van der Waals surface area (Å²) >= 11 is 5.00. The molecule has 0 fully saturated rings. The molecule has 0 amide bonds. The Morgan fingerprint density at radius 3 is 2.41 bits per heavy atom. The molecule has 0 bridgehead atoms. The van der Waals surface area contributed by atoms with Crippen LogP contribution in [0.5, 0.6) is 0 Å². The number of nitrogen functional groups attached to an aromatic ring is 1. The molecule has 90 valence electrons. The van der Waals surface area contributed by atoms with E-state index in [1.165, 1.54) is 0 Å². The van der Waals surface area contributed by atoms with Crippen molar-refractivity contribution in [1.29, 1.82) is 0 Å². The highest BCUT2D eigenvalue weighted by molar-refractivity contribution is 9.11. The van der Waals surface area contributed by atoms with Crippen molar-refractivity contribution >= 4 is 33.2 Å². The van der Waals surface area contributed by atoms with Gasteiger partial charge in [-0.3, -0.25) is 0 Å². The van der Waals surface area contributed by atoms with Crippen molar-refractivity contribution in [1.82, 2.24) is 15.0 Å². The lowest BCUT2D eigenvalue weighted by Gasteiger charge is -2.16. The number of hydrogen-bond donors (Lipinski definition) is 1. The first-order chi connectivity index (χ1) is 7.86. The zero-order chi connectivity index (χ0) is 12.6. The Balaban J connectivity index is 2.52. The van der Waals surface area contributed by atoms with Crippen LogP contribution in [0.4, 0.5) is 5.95 Å². The zero-order valence-corrected chi connectivity index (χ0v) is 12.3. The number of aromatic nitrogens is 3. The van der Waals surface area contributed by atoms with Gasteiger partial charge >= 0.3 is 0 Å². The minimum absolute atomic E-state index is 0.139. The Morgan fingerprint density at radius 1 is 1.18 bits per heavy atom. The van der Waals surface area contributed by atoms with Crippen molar-refractivity contribution in [3.63, 3.8) is 0 Å². The maximum absolute atomic E-state index is 5.73. The van der Waals surface area contributed by atoms with E-state index in [0.29, 0.717) is 11.6 Å². The highest BCUT2D eigenvalue weighted by Crippen LogP contribution is 2.30. The van der Waals surface area contributed by atoms with E-state index in [0.717, 1.165) is 8.66 Å². The van der Waals surface area contributed by atoms with Gasteiger partial charge in [-0.25, -0.2) is 4.98 Å². The minimum Gasteiger partial charge on any atom is -0.368 e. The molecule has 0 unspecified atom stereocenters. The van der Waals surface area contributed by atoms with Crippen LogP contribution in [0.25, 0.3) is 10.7 Å². The third-order valence-electron chi connectivity index (χ3n) is 2.12. The molecule has 2 aromatic heterocycles. The lowest BCUT2D eigenvalue weighted by atomic mass is 9.96. The van der Waals surface area contributed by atoms with E-state index in [1.807, 2.05) is 12.1 Å². The molecule has 2 rings (SSSR count). The number of hydrogen-bond acceptors (Lipinski definition) is 5. The smallest absolute Gasteiger partial charge is 0.223 e. The Bertz CT molecular complexity index is 545. The van der Waals surface area contributed by atoms with Gasteiger partial charge in [-0.05, 0) is 28.1 Å². The molecule has 0 spiro atoms. The van der Waals surface area contributed by atoms with Crippen molar-refractivity contribution in [2.45, 2.75) is 26.2 Å². The zero-order valence-electron chi connectivity index (χ0n) is 9.86. The Kier molecular flexibility index (Phi) is 3.18. The first kappa shape index (κ1) is 12.4. The largest absolute Gasteiger partial charge is 0.368 e. The van der Waals surface area contributed by atoms with Gasteiger partial charge in [-0.1, -0.05) is 20.8 Å². The van der Waals surface area contributed by atoms with Crippen LogP contribution in [-0.4, -0.2) is 15.0 Å². The summed E-state index contributed by atoms with van der Waals surface area (Å²) < 4.78 is 1.05. The second-order valence-corrected chi connectivity index (χ2v) is 7.16. The van der Waals surface area contributed by atoms with Crippen molar-refractivity contribution < 1.29 is 0 Å². The number of nitrogens with zero attached hydrogens (tertiary/aromatic N) is 3. The monoisotopic (exact) mass is 312 g/mol. The topological polar surface area (TPSA) is 64.7 Å². The predicted octanol–water partition coefficient (Wildman–Crippen LogP) is 3.24. The highest BCUT2D eigenvalue weighted by atomic mass is 79.9. The van der Waals surface area contributed by atoms with Gasteiger partial charge in [-0.15, -0.1) is 11.3 Å². The molecular weight excluding hydrogens is 300 g/mol. The maximum Gasteiger partial charge on any atom is 0.223 e. The summed E-state index contributed by atoms with van der Waals surface area (Å²) in [6, 6.07) is 3.94. The highest BCUT2D eigenvalue weighted by Gasteiger charge is 2.20. The molecule has 0 atom stereocenters. The minimum atomic E-state index is -0.139. The first-order valence-corrected chi connectivity index (χ1v) is 6.75. The Morgan fingerprint density at radius 2 is 1.88 bits per heavy atom. The average molecular weight is 313 g/mol. The van der Waals surface area contributed by atoms with Gasteiger partial charge in [0.15, 0.2) is 5.82 Å². The normalized spacial score (nSPS) is 11.8. The van der Waals surface area contributed by atoms with E-state index in [4.69, 9.17) is 5.73 Å². The van der Waals surface area contributed by atoms with Gasteiger partial charge in [0, 0.05) is 5.41 Å². The average Bonchev–Trinajstić information content (AvgIpc) is 2.62. The molecule has 17 heavy (non-hydrogen) atoms. The van der Waals surface area contributed by atoms with Gasteiger partial charge < -0.3 is 5.73 Å². The van der Waals surface area contributed by atoms with E-state index in [-0.39, 0.29) is 11.4 Å². The molecule has 2 N–H and O–H groups in total. The number of anilines is 1. The Labute approximate surface area is 112 Å². The van der Waals surface area contributed by atoms with Gasteiger partial charge in [0.05, 0.1) is 8.66 Å². The number of rotatable bonds is 1. The molecule has 2 aromatic rings.